The zero-order valence-electron chi connectivity index (χ0n) is 13.6. The lowest BCUT2D eigenvalue weighted by Gasteiger charge is -2.27. The minimum atomic E-state index is -0.922. The van der Waals surface area contributed by atoms with Gasteiger partial charge >= 0.3 is 5.97 Å². The van der Waals surface area contributed by atoms with Gasteiger partial charge in [0.25, 0.3) is 0 Å². The van der Waals surface area contributed by atoms with E-state index in [1.165, 1.54) is 12.1 Å². The van der Waals surface area contributed by atoms with Gasteiger partial charge in [-0.15, -0.1) is 0 Å². The third-order valence-corrected chi connectivity index (χ3v) is 4.73. The molecular weight excluding hydrogens is 297 g/mol. The van der Waals surface area contributed by atoms with Crippen LogP contribution in [0.3, 0.4) is 0 Å². The number of nitrogens with one attached hydrogen (secondary N) is 1. The van der Waals surface area contributed by atoms with E-state index in [1.807, 2.05) is 13.8 Å². The van der Waals surface area contributed by atoms with E-state index in [1.54, 1.807) is 12.1 Å². The quantitative estimate of drug-likeness (QED) is 0.840. The summed E-state index contributed by atoms with van der Waals surface area (Å²) in [6.07, 6.45) is 2.82. The Hall–Kier alpha value is -1.91. The van der Waals surface area contributed by atoms with Crippen molar-refractivity contribution in [1.29, 1.82) is 0 Å². The summed E-state index contributed by atoms with van der Waals surface area (Å²) >= 11 is 0. The summed E-state index contributed by atoms with van der Waals surface area (Å²) < 4.78 is 13.1. The lowest BCUT2D eigenvalue weighted by molar-refractivity contribution is -0.151. The molecule has 4 nitrogen and oxygen atoms in total. The first-order valence-electron chi connectivity index (χ1n) is 8.12. The number of benzene rings is 1. The summed E-state index contributed by atoms with van der Waals surface area (Å²) in [6.45, 7) is 3.94. The Balaban J connectivity index is 2.09. The highest BCUT2D eigenvalue weighted by molar-refractivity contribution is 5.85. The molecule has 2 rings (SSSR count). The Labute approximate surface area is 136 Å². The van der Waals surface area contributed by atoms with Gasteiger partial charge in [0, 0.05) is 6.42 Å². The molecule has 1 amide bonds. The van der Waals surface area contributed by atoms with E-state index in [2.05, 4.69) is 5.32 Å². The fraction of sp³-hybridized carbons (Fsp3) is 0.556. The largest absolute Gasteiger partial charge is 0.481 e. The minimum Gasteiger partial charge on any atom is -0.481 e. The second-order valence-electron chi connectivity index (χ2n) is 6.81. The van der Waals surface area contributed by atoms with Crippen molar-refractivity contribution in [3.8, 4) is 0 Å². The van der Waals surface area contributed by atoms with Crippen LogP contribution in [-0.4, -0.2) is 17.0 Å². The van der Waals surface area contributed by atoms with Crippen LogP contribution >= 0.6 is 0 Å². The van der Waals surface area contributed by atoms with Gasteiger partial charge < -0.3 is 10.4 Å². The van der Waals surface area contributed by atoms with Gasteiger partial charge in [-0.25, -0.2) is 4.39 Å². The van der Waals surface area contributed by atoms with E-state index in [9.17, 15) is 19.1 Å². The van der Waals surface area contributed by atoms with E-state index in [4.69, 9.17) is 0 Å². The predicted octanol–water partition coefficient (Wildman–Crippen LogP) is 3.67. The monoisotopic (exact) mass is 321 g/mol. The maximum absolute atomic E-state index is 13.1. The SMILES string of the molecule is CC(C)C(NC(=O)CC1(C(=O)O)CCCC1)c1ccc(F)cc1. The molecule has 1 aromatic rings. The number of rotatable bonds is 6. The maximum Gasteiger partial charge on any atom is 0.310 e. The van der Waals surface area contributed by atoms with E-state index in [0.717, 1.165) is 18.4 Å². The van der Waals surface area contributed by atoms with E-state index in [-0.39, 0.29) is 30.1 Å². The predicted molar refractivity (Wildman–Crippen MR) is 85.3 cm³/mol. The van der Waals surface area contributed by atoms with Crippen LogP contribution in [0.25, 0.3) is 0 Å². The van der Waals surface area contributed by atoms with Crippen LogP contribution in [0.15, 0.2) is 24.3 Å². The molecule has 126 valence electrons. The van der Waals surface area contributed by atoms with Crippen LogP contribution in [0.5, 0.6) is 0 Å². The number of carboxylic acid groups (broad SMARTS) is 1. The summed E-state index contributed by atoms with van der Waals surface area (Å²) in [4.78, 5) is 24.0. The molecule has 0 aliphatic heterocycles. The van der Waals surface area contributed by atoms with E-state index >= 15 is 0 Å². The van der Waals surface area contributed by atoms with E-state index < -0.39 is 11.4 Å². The molecule has 1 atom stereocenters. The second kappa shape index (κ2) is 7.11. The topological polar surface area (TPSA) is 66.4 Å². The van der Waals surface area contributed by atoms with Crippen molar-refractivity contribution in [1.82, 2.24) is 5.32 Å². The number of carboxylic acids is 1. The molecular formula is C18H24FNO3. The molecule has 1 aliphatic carbocycles. The fourth-order valence-corrected chi connectivity index (χ4v) is 3.35. The molecule has 2 N–H and O–H groups in total. The normalized spacial score (nSPS) is 17.9. The zero-order valence-corrected chi connectivity index (χ0v) is 13.6. The molecule has 0 aromatic heterocycles. The smallest absolute Gasteiger partial charge is 0.310 e. The number of halogens is 1. The average molecular weight is 321 g/mol. The third kappa shape index (κ3) is 4.09. The molecule has 0 spiro atoms. The van der Waals surface area contributed by atoms with Crippen molar-refractivity contribution in [3.63, 3.8) is 0 Å². The highest BCUT2D eigenvalue weighted by atomic mass is 19.1. The molecule has 0 heterocycles. The number of carbonyl (C=O) groups excluding carboxylic acids is 1. The summed E-state index contributed by atoms with van der Waals surface area (Å²) in [5.74, 6) is -1.34. The molecule has 1 unspecified atom stereocenters. The molecule has 1 aliphatic rings. The van der Waals surface area contributed by atoms with E-state index in [0.29, 0.717) is 12.8 Å². The number of aliphatic carboxylic acids is 1. The van der Waals surface area contributed by atoms with Crippen molar-refractivity contribution >= 4 is 11.9 Å². The molecule has 1 aromatic carbocycles. The van der Waals surface area contributed by atoms with Crippen LogP contribution in [0, 0.1) is 17.2 Å². The fourth-order valence-electron chi connectivity index (χ4n) is 3.35. The van der Waals surface area contributed by atoms with Gasteiger partial charge in [0.1, 0.15) is 5.82 Å². The first-order chi connectivity index (χ1) is 10.8. The summed E-state index contributed by atoms with van der Waals surface area (Å²) in [6, 6.07) is 5.79. The van der Waals surface area contributed by atoms with Gasteiger partial charge in [-0.1, -0.05) is 38.8 Å². The second-order valence-corrected chi connectivity index (χ2v) is 6.81. The number of hydrogen-bond donors (Lipinski definition) is 2. The Bertz CT molecular complexity index is 562. The van der Waals surface area contributed by atoms with Crippen LogP contribution in [-0.2, 0) is 9.59 Å². The number of amides is 1. The lowest BCUT2D eigenvalue weighted by Crippen LogP contribution is -2.38. The van der Waals surface area contributed by atoms with Gasteiger partial charge in [-0.2, -0.15) is 0 Å². The third-order valence-electron chi connectivity index (χ3n) is 4.73. The molecule has 1 saturated carbocycles. The van der Waals surface area contributed by atoms with Crippen molar-refractivity contribution in [2.75, 3.05) is 0 Å². The number of carbonyl (C=O) groups is 2. The lowest BCUT2D eigenvalue weighted by atomic mass is 9.82. The van der Waals surface area contributed by atoms with Crippen molar-refractivity contribution in [2.24, 2.45) is 11.3 Å². The highest BCUT2D eigenvalue weighted by Gasteiger charge is 2.43. The molecule has 0 radical (unpaired) electrons. The van der Waals surface area contributed by atoms with Gasteiger partial charge in [-0.05, 0) is 36.5 Å². The average Bonchev–Trinajstić information content (AvgIpc) is 2.95. The molecule has 23 heavy (non-hydrogen) atoms. The van der Waals surface area contributed by atoms with Gasteiger partial charge in [-0.3, -0.25) is 9.59 Å². The molecule has 5 heteroatoms. The highest BCUT2D eigenvalue weighted by Crippen LogP contribution is 2.41. The summed E-state index contributed by atoms with van der Waals surface area (Å²) in [5.41, 5.74) is -0.0976. The minimum absolute atomic E-state index is 0.00669. The van der Waals surface area contributed by atoms with Crippen molar-refractivity contribution in [3.05, 3.63) is 35.6 Å². The van der Waals surface area contributed by atoms with Crippen LogP contribution < -0.4 is 5.32 Å². The van der Waals surface area contributed by atoms with Crippen molar-refractivity contribution in [2.45, 2.75) is 52.0 Å². The zero-order chi connectivity index (χ0) is 17.0. The Morgan fingerprint density at radius 1 is 1.22 bits per heavy atom. The molecule has 0 saturated heterocycles. The van der Waals surface area contributed by atoms with Crippen LogP contribution in [0.2, 0.25) is 0 Å². The Morgan fingerprint density at radius 3 is 2.26 bits per heavy atom. The first-order valence-corrected chi connectivity index (χ1v) is 8.12. The van der Waals surface area contributed by atoms with Crippen LogP contribution in [0.1, 0.15) is 57.6 Å². The maximum atomic E-state index is 13.1. The van der Waals surface area contributed by atoms with Gasteiger partial charge in [0.2, 0.25) is 5.91 Å². The van der Waals surface area contributed by atoms with Crippen molar-refractivity contribution < 1.29 is 19.1 Å². The van der Waals surface area contributed by atoms with Gasteiger partial charge in [0.05, 0.1) is 11.5 Å². The van der Waals surface area contributed by atoms with Crippen LogP contribution in [0.4, 0.5) is 4.39 Å². The Morgan fingerprint density at radius 2 is 1.78 bits per heavy atom. The Kier molecular flexibility index (Phi) is 5.39. The molecule has 1 fully saturated rings. The molecule has 0 bridgehead atoms. The first kappa shape index (κ1) is 17.4. The summed E-state index contributed by atoms with van der Waals surface area (Å²) in [5, 5.41) is 12.4. The van der Waals surface area contributed by atoms with Gasteiger partial charge in [0.15, 0.2) is 0 Å². The standard InChI is InChI=1S/C18H24FNO3/c1-12(2)16(13-5-7-14(19)8-6-13)20-15(21)11-18(17(22)23)9-3-4-10-18/h5-8,12,16H,3-4,9-11H2,1-2H3,(H,20,21)(H,22,23). The summed E-state index contributed by atoms with van der Waals surface area (Å²) in [7, 11) is 0. The number of hydrogen-bond acceptors (Lipinski definition) is 2.